The number of carbonyl (C=O) groups excluding carboxylic acids is 1. The van der Waals surface area contributed by atoms with E-state index in [1.165, 1.54) is 6.07 Å². The smallest absolute Gasteiger partial charge is 0.410 e. The largest absolute Gasteiger partial charge is 0.415 e. The quantitative estimate of drug-likeness (QED) is 0.203. The summed E-state index contributed by atoms with van der Waals surface area (Å²) in [5.74, 6) is 0.270. The first kappa shape index (κ1) is 26.9. The summed E-state index contributed by atoms with van der Waals surface area (Å²) in [5, 5.41) is 13.0. The van der Waals surface area contributed by atoms with Gasteiger partial charge in [0.1, 0.15) is 11.6 Å². The lowest BCUT2D eigenvalue weighted by atomic mass is 10.1. The molecular weight excluding hydrogens is 480 g/mol. The number of nitrogens with one attached hydrogen (secondary N) is 1. The Bertz CT molecular complexity index is 1310. The minimum Gasteiger partial charge on any atom is -0.410 e. The molecule has 36 heavy (non-hydrogen) atoms. The molecule has 0 radical (unpaired) electrons. The van der Waals surface area contributed by atoms with Gasteiger partial charge in [0.05, 0.1) is 4.90 Å². The minimum atomic E-state index is -3.90. The average molecular weight is 511 g/mol. The number of nitrogens with zero attached hydrogens (tertiary/aromatic N) is 1. The van der Waals surface area contributed by atoms with Crippen molar-refractivity contribution in [3.8, 4) is 16.9 Å². The van der Waals surface area contributed by atoms with E-state index in [-0.39, 0.29) is 17.3 Å². The first-order chi connectivity index (χ1) is 17.2. The van der Waals surface area contributed by atoms with E-state index in [0.717, 1.165) is 18.4 Å². The van der Waals surface area contributed by atoms with E-state index in [9.17, 15) is 13.2 Å². The molecule has 0 heterocycles. The van der Waals surface area contributed by atoms with Crippen LogP contribution in [0.2, 0.25) is 0 Å². The third-order valence-electron chi connectivity index (χ3n) is 5.46. The van der Waals surface area contributed by atoms with Crippen molar-refractivity contribution in [2.75, 3.05) is 20.3 Å². The van der Waals surface area contributed by atoms with Gasteiger partial charge in [-0.2, -0.15) is 0 Å². The molecule has 0 saturated heterocycles. The van der Waals surface area contributed by atoms with Crippen molar-refractivity contribution >= 4 is 22.0 Å². The molecule has 190 valence electrons. The van der Waals surface area contributed by atoms with E-state index in [1.54, 1.807) is 72.7 Å². The molecule has 3 aromatic rings. The lowest BCUT2D eigenvalue weighted by Gasteiger charge is -2.22. The van der Waals surface area contributed by atoms with Gasteiger partial charge in [-0.15, -0.1) is 0 Å². The number of carbonyl (C=O) groups is 1. The summed E-state index contributed by atoms with van der Waals surface area (Å²) in [6.45, 7) is 1.32. The predicted octanol–water partition coefficient (Wildman–Crippen LogP) is 3.71. The fourth-order valence-electron chi connectivity index (χ4n) is 3.66. The molecule has 1 amide bonds. The number of nitrogens with two attached hydrogens (primary N) is 2. The van der Waals surface area contributed by atoms with Crippen molar-refractivity contribution in [2.24, 2.45) is 10.9 Å². The van der Waals surface area contributed by atoms with E-state index in [4.69, 9.17) is 25.8 Å². The topological polar surface area (TPSA) is 149 Å². The fourth-order valence-corrected chi connectivity index (χ4v) is 4.42. The van der Waals surface area contributed by atoms with Gasteiger partial charge in [-0.05, 0) is 48.2 Å². The molecule has 5 N–H and O–H groups in total. The van der Waals surface area contributed by atoms with Crippen LogP contribution in [0.25, 0.3) is 11.1 Å². The second-order valence-corrected chi connectivity index (χ2v) is 9.70. The number of rotatable bonds is 11. The van der Waals surface area contributed by atoms with Gasteiger partial charge in [0.2, 0.25) is 10.0 Å². The third-order valence-corrected chi connectivity index (χ3v) is 6.43. The summed E-state index contributed by atoms with van der Waals surface area (Å²) < 4.78 is 34.6. The summed E-state index contributed by atoms with van der Waals surface area (Å²) in [6, 6.07) is 20.2. The second kappa shape index (κ2) is 12.3. The monoisotopic (exact) mass is 510 g/mol. The number of ether oxygens (including phenoxy) is 2. The van der Waals surface area contributed by atoms with Gasteiger partial charge in [-0.3, -0.25) is 5.41 Å². The number of unbranched alkanes of at least 4 members (excludes halogenated alkanes) is 1. The van der Waals surface area contributed by atoms with Crippen LogP contribution in [0.4, 0.5) is 4.79 Å². The first-order valence-corrected chi connectivity index (χ1v) is 12.8. The van der Waals surface area contributed by atoms with E-state index >= 15 is 0 Å². The lowest BCUT2D eigenvalue weighted by molar-refractivity contribution is 0.144. The zero-order chi connectivity index (χ0) is 26.1. The Morgan fingerprint density at radius 1 is 1.00 bits per heavy atom. The van der Waals surface area contributed by atoms with Crippen molar-refractivity contribution in [1.29, 1.82) is 5.41 Å². The Morgan fingerprint density at radius 2 is 1.72 bits per heavy atom. The second-order valence-electron chi connectivity index (χ2n) is 8.17. The molecule has 0 aliphatic carbocycles. The van der Waals surface area contributed by atoms with Gasteiger partial charge in [-0.25, -0.2) is 18.4 Å². The summed E-state index contributed by atoms with van der Waals surface area (Å²) in [4.78, 5) is 14.7. The number of sulfonamides is 1. The van der Waals surface area contributed by atoms with Crippen LogP contribution in [-0.4, -0.2) is 45.5 Å². The standard InChI is InChI=1S/C26H30N4O5S/c1-34-16-5-4-15-30(18-19-7-6-8-21(17-19)25(27)28)26(31)35-22-13-11-20(12-14-22)23-9-2-3-10-24(23)36(29,32)33/h2-3,6-14,17H,4-5,15-16,18H2,1H3,(H3,27,28)(H2,29,32,33). The van der Waals surface area contributed by atoms with Crippen LogP contribution in [0.5, 0.6) is 5.75 Å². The Balaban J connectivity index is 1.77. The molecule has 9 nitrogen and oxygen atoms in total. The summed E-state index contributed by atoms with van der Waals surface area (Å²) in [7, 11) is -2.27. The Morgan fingerprint density at radius 3 is 2.39 bits per heavy atom. The number of benzene rings is 3. The maximum Gasteiger partial charge on any atom is 0.415 e. The highest BCUT2D eigenvalue weighted by Crippen LogP contribution is 2.28. The molecule has 0 bridgehead atoms. The van der Waals surface area contributed by atoms with Gasteiger partial charge in [-0.1, -0.05) is 48.5 Å². The van der Waals surface area contributed by atoms with Gasteiger partial charge >= 0.3 is 6.09 Å². The molecular formula is C26H30N4O5S. The van der Waals surface area contributed by atoms with Crippen LogP contribution >= 0.6 is 0 Å². The molecule has 0 aliphatic rings. The van der Waals surface area contributed by atoms with Gasteiger partial charge in [0.15, 0.2) is 0 Å². The Labute approximate surface area is 211 Å². The molecule has 0 atom stereocenters. The SMILES string of the molecule is COCCCCN(Cc1cccc(C(=N)N)c1)C(=O)Oc1ccc(-c2ccccc2S(N)(=O)=O)cc1. The number of amides is 1. The van der Waals surface area contributed by atoms with Crippen molar-refractivity contribution in [2.45, 2.75) is 24.3 Å². The normalized spacial score (nSPS) is 11.2. The fraction of sp³-hybridized carbons (Fsp3) is 0.231. The number of amidine groups is 1. The molecule has 0 aliphatic heterocycles. The van der Waals surface area contributed by atoms with Crippen molar-refractivity contribution in [3.05, 3.63) is 83.9 Å². The molecule has 10 heteroatoms. The molecule has 0 fully saturated rings. The van der Waals surface area contributed by atoms with Crippen molar-refractivity contribution in [1.82, 2.24) is 4.90 Å². The number of nitrogen functional groups attached to an aromatic ring is 1. The molecule has 0 saturated carbocycles. The highest BCUT2D eigenvalue weighted by Gasteiger charge is 2.18. The van der Waals surface area contributed by atoms with Crippen LogP contribution in [0.3, 0.4) is 0 Å². The number of hydrogen-bond acceptors (Lipinski definition) is 6. The van der Waals surface area contributed by atoms with E-state index in [1.807, 2.05) is 6.07 Å². The molecule has 3 rings (SSSR count). The molecule has 0 unspecified atom stereocenters. The predicted molar refractivity (Wildman–Crippen MR) is 138 cm³/mol. The number of primary sulfonamides is 1. The van der Waals surface area contributed by atoms with E-state index in [2.05, 4.69) is 0 Å². The molecule has 0 spiro atoms. The summed E-state index contributed by atoms with van der Waals surface area (Å²) in [5.41, 5.74) is 8.08. The molecule has 3 aromatic carbocycles. The molecule has 0 aromatic heterocycles. The zero-order valence-corrected chi connectivity index (χ0v) is 20.8. The number of hydrogen-bond donors (Lipinski definition) is 3. The average Bonchev–Trinajstić information content (AvgIpc) is 2.86. The van der Waals surface area contributed by atoms with Crippen LogP contribution < -0.4 is 15.6 Å². The Hall–Kier alpha value is -3.73. The summed E-state index contributed by atoms with van der Waals surface area (Å²) >= 11 is 0. The first-order valence-electron chi connectivity index (χ1n) is 11.3. The van der Waals surface area contributed by atoms with Crippen molar-refractivity contribution < 1.29 is 22.7 Å². The lowest BCUT2D eigenvalue weighted by Crippen LogP contribution is -2.34. The van der Waals surface area contributed by atoms with Gasteiger partial charge in [0.25, 0.3) is 0 Å². The minimum absolute atomic E-state index is 0.0183. The number of methoxy groups -OCH3 is 1. The summed E-state index contributed by atoms with van der Waals surface area (Å²) in [6.07, 6.45) is 0.975. The third kappa shape index (κ3) is 7.38. The van der Waals surface area contributed by atoms with Crippen LogP contribution in [-0.2, 0) is 21.3 Å². The maximum atomic E-state index is 13.0. The van der Waals surface area contributed by atoms with Gasteiger partial charge < -0.3 is 20.1 Å². The van der Waals surface area contributed by atoms with E-state index < -0.39 is 16.1 Å². The maximum absolute atomic E-state index is 13.0. The highest BCUT2D eigenvalue weighted by atomic mass is 32.2. The van der Waals surface area contributed by atoms with Crippen LogP contribution in [0.1, 0.15) is 24.0 Å². The van der Waals surface area contributed by atoms with Crippen LogP contribution in [0, 0.1) is 5.41 Å². The Kier molecular flexibility index (Phi) is 9.18. The van der Waals surface area contributed by atoms with E-state index in [0.29, 0.717) is 35.6 Å². The zero-order valence-electron chi connectivity index (χ0n) is 20.0. The van der Waals surface area contributed by atoms with Crippen molar-refractivity contribution in [3.63, 3.8) is 0 Å². The highest BCUT2D eigenvalue weighted by molar-refractivity contribution is 7.89. The van der Waals surface area contributed by atoms with Crippen LogP contribution in [0.15, 0.2) is 77.7 Å². The van der Waals surface area contributed by atoms with Gasteiger partial charge in [0, 0.05) is 37.9 Å².